The number of nitrogens with zero attached hydrogens (tertiary/aromatic N) is 6. The number of methoxy groups -OCH3 is 2. The molecule has 0 saturated heterocycles. The molecule has 0 aliphatic rings. The van der Waals surface area contributed by atoms with E-state index in [0.29, 0.717) is 50.9 Å². The summed E-state index contributed by atoms with van der Waals surface area (Å²) in [6.45, 7) is 0. The summed E-state index contributed by atoms with van der Waals surface area (Å²) in [4.78, 5) is 31.6. The minimum atomic E-state index is -0.504. The van der Waals surface area contributed by atoms with Crippen molar-refractivity contribution >= 4 is 69.7 Å². The molecule has 0 spiro atoms. The number of benzene rings is 1. The van der Waals surface area contributed by atoms with Crippen LogP contribution in [-0.4, -0.2) is 99.2 Å². The van der Waals surface area contributed by atoms with E-state index in [9.17, 15) is 9.59 Å². The van der Waals surface area contributed by atoms with Gasteiger partial charge >= 0.3 is 0 Å². The summed E-state index contributed by atoms with van der Waals surface area (Å²) in [5.74, 6) is 0.958. The molecular weight excluding hydrogens is 543 g/mol. The number of para-hydroxylation sites is 1. The highest BCUT2D eigenvalue weighted by molar-refractivity contribution is 7.13. The Bertz CT molecular complexity index is 1560. The molecule has 0 aliphatic heterocycles. The van der Waals surface area contributed by atoms with Gasteiger partial charge in [0.25, 0.3) is 11.8 Å². The van der Waals surface area contributed by atoms with Crippen molar-refractivity contribution in [3.8, 4) is 22.2 Å². The van der Waals surface area contributed by atoms with Gasteiger partial charge in [0.1, 0.15) is 34.2 Å². The molecule has 3 N–H and O–H groups in total. The Kier molecular flexibility index (Phi) is 8.76. The van der Waals surface area contributed by atoms with E-state index in [1.165, 1.54) is 30.5 Å². The fourth-order valence-electron chi connectivity index (χ4n) is 3.64. The van der Waals surface area contributed by atoms with Crippen LogP contribution in [0.4, 0.5) is 23.0 Å². The molecule has 0 bridgehead atoms. The average Bonchev–Trinajstić information content (AvgIpc) is 3.42. The third-order valence-corrected chi connectivity index (χ3v) is 6.33. The normalized spacial score (nSPS) is 10.9. The number of thiazole rings is 1. The van der Waals surface area contributed by atoms with Crippen molar-refractivity contribution in [2.45, 2.75) is 5.24 Å². The summed E-state index contributed by atoms with van der Waals surface area (Å²) >= 11 is 1.33. The molecule has 41 heavy (non-hydrogen) atoms. The molecule has 0 aliphatic carbocycles. The van der Waals surface area contributed by atoms with E-state index in [-0.39, 0.29) is 11.6 Å². The molecule has 0 radical (unpaired) electrons. The average molecular weight is 571 g/mol. The number of nitrogens with one attached hydrogen (secondary N) is 3. The van der Waals surface area contributed by atoms with Crippen molar-refractivity contribution in [1.29, 1.82) is 0 Å². The molecule has 3 aromatic heterocycles. The maximum absolute atomic E-state index is 13.2. The molecule has 208 valence electrons. The third kappa shape index (κ3) is 7.11. The van der Waals surface area contributed by atoms with E-state index in [4.69, 9.17) is 9.47 Å². The minimum absolute atomic E-state index is 0.0758. The fourth-order valence-corrected chi connectivity index (χ4v) is 4.45. The summed E-state index contributed by atoms with van der Waals surface area (Å²) in [6.07, 6.45) is 0. The summed E-state index contributed by atoms with van der Waals surface area (Å²) in [6, 6.07) is 10.4. The summed E-state index contributed by atoms with van der Waals surface area (Å²) in [5, 5.41) is 27.4. The summed E-state index contributed by atoms with van der Waals surface area (Å²) in [5.41, 5.74) is 2.01. The second-order valence-corrected chi connectivity index (χ2v) is 10.9. The quantitative estimate of drug-likeness (QED) is 0.218. The van der Waals surface area contributed by atoms with Crippen LogP contribution in [-0.2, 0) is 0 Å². The van der Waals surface area contributed by atoms with Gasteiger partial charge in [0.2, 0.25) is 5.88 Å². The SMILES string of the molecule is BC(B)(B)NC(=O)c1nnc(Nc2ccc(OC)nn2)cc1Nc1cccc(-c2nc(C(=O)N(C)C)cs2)c1OC. The van der Waals surface area contributed by atoms with Crippen molar-refractivity contribution in [1.82, 2.24) is 35.6 Å². The van der Waals surface area contributed by atoms with Gasteiger partial charge in [-0.3, -0.25) is 9.59 Å². The van der Waals surface area contributed by atoms with Crippen LogP contribution >= 0.6 is 11.3 Å². The molecule has 0 atom stereocenters. The Morgan fingerprint density at radius 2 is 1.68 bits per heavy atom. The van der Waals surface area contributed by atoms with Crippen LogP contribution in [0.25, 0.3) is 10.6 Å². The topological polar surface area (TPSA) is 156 Å². The van der Waals surface area contributed by atoms with Crippen LogP contribution in [0.5, 0.6) is 11.6 Å². The van der Waals surface area contributed by atoms with Gasteiger partial charge in [-0.05, 0) is 23.4 Å². The lowest BCUT2D eigenvalue weighted by atomic mass is 9.49. The summed E-state index contributed by atoms with van der Waals surface area (Å²) in [7, 11) is 12.0. The fraction of sp³-hybridized carbons (Fsp3) is 0.208. The van der Waals surface area contributed by atoms with E-state index < -0.39 is 11.1 Å². The molecule has 1 aromatic carbocycles. The zero-order valence-electron chi connectivity index (χ0n) is 23.8. The number of ether oxygens (including phenoxy) is 2. The van der Waals surface area contributed by atoms with Crippen LogP contribution in [0.3, 0.4) is 0 Å². The Hall–Kier alpha value is -4.66. The number of rotatable bonds is 10. The van der Waals surface area contributed by atoms with Gasteiger partial charge in [0.15, 0.2) is 23.1 Å². The summed E-state index contributed by atoms with van der Waals surface area (Å²) < 4.78 is 10.8. The molecule has 4 aromatic rings. The standard InChI is InChI=1S/C24H28B3N9O4S/c1-36(2)23(38)15-11-41-22(29-15)12-6-5-7-13(20(12)40-4)28-14-10-17(30-16-8-9-18(39-3)34-32-16)33-35-19(14)21(37)31-24(25,26)27/h5-11H,25-27H2,1-4H3,(H,31,37)(H2,28,30,32,33). The zero-order chi connectivity index (χ0) is 29.7. The van der Waals surface area contributed by atoms with Gasteiger partial charge in [-0.15, -0.1) is 31.7 Å². The minimum Gasteiger partial charge on any atom is -0.494 e. The van der Waals surface area contributed by atoms with Crippen LogP contribution < -0.4 is 25.4 Å². The molecule has 0 saturated carbocycles. The van der Waals surface area contributed by atoms with E-state index in [2.05, 4.69) is 41.3 Å². The van der Waals surface area contributed by atoms with Gasteiger partial charge < -0.3 is 30.3 Å². The van der Waals surface area contributed by atoms with Crippen molar-refractivity contribution in [2.24, 2.45) is 0 Å². The van der Waals surface area contributed by atoms with E-state index in [0.717, 1.165) is 0 Å². The Balaban J connectivity index is 1.73. The van der Waals surface area contributed by atoms with Gasteiger partial charge in [0.05, 0.1) is 31.2 Å². The van der Waals surface area contributed by atoms with Crippen molar-refractivity contribution in [2.75, 3.05) is 38.9 Å². The lowest BCUT2D eigenvalue weighted by Gasteiger charge is -2.22. The number of anilines is 4. The first kappa shape index (κ1) is 29.3. The number of hydrogen-bond donors (Lipinski definition) is 3. The number of amides is 2. The maximum Gasteiger partial charge on any atom is 0.272 e. The van der Waals surface area contributed by atoms with Gasteiger partial charge in [-0.2, -0.15) is 0 Å². The number of carbonyl (C=O) groups is 2. The maximum atomic E-state index is 13.2. The lowest BCUT2D eigenvalue weighted by Crippen LogP contribution is -2.50. The Morgan fingerprint density at radius 3 is 2.32 bits per heavy atom. The second-order valence-electron chi connectivity index (χ2n) is 10.0. The molecule has 13 nitrogen and oxygen atoms in total. The van der Waals surface area contributed by atoms with Crippen LogP contribution in [0, 0.1) is 0 Å². The van der Waals surface area contributed by atoms with Crippen LogP contribution in [0.1, 0.15) is 21.0 Å². The largest absolute Gasteiger partial charge is 0.494 e. The van der Waals surface area contributed by atoms with E-state index >= 15 is 0 Å². The Labute approximate surface area is 243 Å². The van der Waals surface area contributed by atoms with Crippen LogP contribution in [0.2, 0.25) is 0 Å². The molecule has 0 unspecified atom stereocenters. The van der Waals surface area contributed by atoms with Gasteiger partial charge in [-0.25, -0.2) is 4.98 Å². The highest BCUT2D eigenvalue weighted by Crippen LogP contribution is 2.39. The zero-order valence-corrected chi connectivity index (χ0v) is 24.6. The van der Waals surface area contributed by atoms with Gasteiger partial charge in [-0.1, -0.05) is 6.07 Å². The molecule has 4 rings (SSSR count). The highest BCUT2D eigenvalue weighted by Gasteiger charge is 2.23. The smallest absolute Gasteiger partial charge is 0.272 e. The molecule has 0 fully saturated rings. The number of aromatic nitrogens is 5. The molecule has 17 heteroatoms. The lowest BCUT2D eigenvalue weighted by molar-refractivity contribution is 0.0822. The molecule has 2 amide bonds. The number of hydrogen-bond acceptors (Lipinski definition) is 12. The van der Waals surface area contributed by atoms with Crippen LogP contribution in [0.15, 0.2) is 41.8 Å². The predicted molar refractivity (Wildman–Crippen MR) is 165 cm³/mol. The van der Waals surface area contributed by atoms with Crippen molar-refractivity contribution in [3.05, 3.63) is 53.2 Å². The third-order valence-electron chi connectivity index (χ3n) is 5.45. The van der Waals surface area contributed by atoms with Crippen molar-refractivity contribution in [3.63, 3.8) is 0 Å². The second kappa shape index (κ2) is 12.2. The first-order chi connectivity index (χ1) is 19.5. The molecular formula is C24H28B3N9O4S. The molecule has 3 heterocycles. The van der Waals surface area contributed by atoms with Gasteiger partial charge in [0, 0.05) is 31.6 Å². The monoisotopic (exact) mass is 571 g/mol. The van der Waals surface area contributed by atoms with Crippen molar-refractivity contribution < 1.29 is 19.1 Å². The first-order valence-corrected chi connectivity index (χ1v) is 13.3. The Morgan fingerprint density at radius 1 is 0.927 bits per heavy atom. The highest BCUT2D eigenvalue weighted by atomic mass is 32.1. The number of carbonyl (C=O) groups excluding carboxylic acids is 2. The van der Waals surface area contributed by atoms with E-state index in [1.807, 2.05) is 35.7 Å². The predicted octanol–water partition coefficient (Wildman–Crippen LogP) is -0.163. The first-order valence-electron chi connectivity index (χ1n) is 12.5. The van der Waals surface area contributed by atoms with E-state index in [1.54, 1.807) is 43.7 Å².